The summed E-state index contributed by atoms with van der Waals surface area (Å²) in [6, 6.07) is 11.3. The number of phenols is 1. The number of unbranched alkanes of at least 4 members (excludes halogenated alkanes) is 2. The molecule has 2 unspecified atom stereocenters. The van der Waals surface area contributed by atoms with Crippen LogP contribution < -0.4 is 10.1 Å². The summed E-state index contributed by atoms with van der Waals surface area (Å²) in [5.41, 5.74) is 1.26. The number of hydrogen-bond acceptors (Lipinski definition) is 7. The molecule has 37 heavy (non-hydrogen) atoms. The lowest BCUT2D eigenvalue weighted by Crippen LogP contribution is -2.48. The lowest BCUT2D eigenvalue weighted by Gasteiger charge is -2.33. The molecule has 0 saturated heterocycles. The van der Waals surface area contributed by atoms with Gasteiger partial charge in [0, 0.05) is 24.4 Å². The van der Waals surface area contributed by atoms with Gasteiger partial charge in [0.2, 0.25) is 0 Å². The van der Waals surface area contributed by atoms with Crippen LogP contribution in [0.5, 0.6) is 11.5 Å². The summed E-state index contributed by atoms with van der Waals surface area (Å²) in [7, 11) is 2.36. The van der Waals surface area contributed by atoms with Crippen molar-refractivity contribution in [2.45, 2.75) is 42.5 Å². The summed E-state index contributed by atoms with van der Waals surface area (Å²) in [6.07, 6.45) is -0.460. The number of hydrazone groups is 1. The first-order valence-electron chi connectivity index (χ1n) is 11.5. The van der Waals surface area contributed by atoms with Gasteiger partial charge in [-0.15, -0.1) is 13.2 Å². The second-order valence-corrected chi connectivity index (χ2v) is 10.6. The van der Waals surface area contributed by atoms with E-state index in [0.29, 0.717) is 42.9 Å². The van der Waals surface area contributed by atoms with Gasteiger partial charge in [0.15, 0.2) is 9.84 Å². The molecular weight excluding hydrogens is 508 g/mol. The minimum absolute atomic E-state index is 0.109. The average molecular weight is 532 g/mol. The third-order valence-electron chi connectivity index (χ3n) is 5.74. The minimum atomic E-state index is -4.90. The monoisotopic (exact) mass is 532 g/mol. The maximum atomic E-state index is 12.6. The first-order valence-corrected chi connectivity index (χ1v) is 13.2. The van der Waals surface area contributed by atoms with Crippen LogP contribution >= 0.6 is 0 Å². The molecule has 2 radical (unpaired) electrons. The zero-order chi connectivity index (χ0) is 26.6. The molecule has 8 nitrogen and oxygen atoms in total. The van der Waals surface area contributed by atoms with Crippen molar-refractivity contribution in [1.82, 2.24) is 10.3 Å². The first-order chi connectivity index (χ1) is 17.5. The Kier molecular flexibility index (Phi) is 7.81. The summed E-state index contributed by atoms with van der Waals surface area (Å²) in [4.78, 5) is 4.38. The number of amidine groups is 1. The number of alkyl halides is 3. The van der Waals surface area contributed by atoms with Gasteiger partial charge in [-0.2, -0.15) is 5.10 Å². The number of hydrogen-bond donors (Lipinski definition) is 2. The molecule has 2 heterocycles. The number of fused-ring (bicyclic) bond motifs is 1. The second kappa shape index (κ2) is 10.9. The number of benzene rings is 2. The van der Waals surface area contributed by atoms with E-state index in [1.54, 1.807) is 41.6 Å². The van der Waals surface area contributed by atoms with Crippen LogP contribution in [0.25, 0.3) is 5.70 Å². The third-order valence-corrected chi connectivity index (χ3v) is 7.54. The van der Waals surface area contributed by atoms with Crippen LogP contribution in [0.2, 0.25) is 5.82 Å². The number of rotatable bonds is 9. The van der Waals surface area contributed by atoms with Crippen LogP contribution in [-0.4, -0.2) is 63.3 Å². The molecule has 0 bridgehead atoms. The topological polar surface area (TPSA) is 104 Å². The van der Waals surface area contributed by atoms with Crippen LogP contribution in [0, 0.1) is 0 Å². The predicted molar refractivity (Wildman–Crippen MR) is 134 cm³/mol. The molecule has 0 amide bonds. The van der Waals surface area contributed by atoms with Crippen molar-refractivity contribution in [2.24, 2.45) is 10.1 Å². The fourth-order valence-electron chi connectivity index (χ4n) is 3.95. The number of sulfone groups is 1. The van der Waals surface area contributed by atoms with Gasteiger partial charge in [0.25, 0.3) is 0 Å². The molecule has 2 aliphatic rings. The lowest BCUT2D eigenvalue weighted by atomic mass is 9.85. The molecule has 0 aromatic heterocycles. The van der Waals surface area contributed by atoms with Gasteiger partial charge in [0.05, 0.1) is 24.2 Å². The number of nitrogens with zero attached hydrogens (tertiary/aromatic N) is 3. The van der Waals surface area contributed by atoms with Gasteiger partial charge in [-0.1, -0.05) is 24.6 Å². The van der Waals surface area contributed by atoms with Crippen molar-refractivity contribution in [3.8, 4) is 11.5 Å². The molecule has 0 spiro atoms. The smallest absolute Gasteiger partial charge is 0.507 e. The Labute approximate surface area is 213 Å². The first kappa shape index (κ1) is 26.6. The van der Waals surface area contributed by atoms with E-state index < -0.39 is 21.9 Å². The van der Waals surface area contributed by atoms with Crippen molar-refractivity contribution in [1.29, 1.82) is 0 Å². The third kappa shape index (κ3) is 6.65. The van der Waals surface area contributed by atoms with E-state index in [2.05, 4.69) is 20.1 Å². The number of ether oxygens (including phenoxy) is 1. The quantitative estimate of drug-likeness (QED) is 0.376. The van der Waals surface area contributed by atoms with Crippen molar-refractivity contribution < 1.29 is 31.4 Å². The second-order valence-electron chi connectivity index (χ2n) is 8.49. The molecule has 4 rings (SSSR count). The number of aliphatic imine (C=N–C) groups is 1. The standard InChI is InChI=1S/C24H24BF3N4O4S/c25-19-15-30-32-22(14-20(31-23(19)32)18-9-2-3-10-21(18)33)29-11-4-1-5-12-37(34,35)17-8-6-7-16(13-17)36-24(26,27)28/h2-3,6-10,13-15,19,23,31,33H,1,4-5,11-12H2. The van der Waals surface area contributed by atoms with E-state index >= 15 is 0 Å². The van der Waals surface area contributed by atoms with E-state index in [9.17, 15) is 26.7 Å². The number of nitrogens with one attached hydrogen (secondary N) is 1. The molecule has 2 N–H and O–H groups in total. The predicted octanol–water partition coefficient (Wildman–Crippen LogP) is 3.86. The Morgan fingerprint density at radius 1 is 1.14 bits per heavy atom. The number of phenolic OH excluding ortho intramolecular Hbond substituents is 1. The zero-order valence-electron chi connectivity index (χ0n) is 19.6. The minimum Gasteiger partial charge on any atom is -0.507 e. The highest BCUT2D eigenvalue weighted by molar-refractivity contribution is 7.91. The van der Waals surface area contributed by atoms with E-state index in [4.69, 9.17) is 7.85 Å². The summed E-state index contributed by atoms with van der Waals surface area (Å²) < 4.78 is 66.2. The van der Waals surface area contributed by atoms with Gasteiger partial charge in [0.1, 0.15) is 23.5 Å². The Morgan fingerprint density at radius 3 is 2.68 bits per heavy atom. The largest absolute Gasteiger partial charge is 0.573 e. The van der Waals surface area contributed by atoms with Crippen molar-refractivity contribution in [3.05, 3.63) is 60.2 Å². The number of aromatic hydroxyl groups is 1. The molecule has 2 aliphatic heterocycles. The van der Waals surface area contributed by atoms with Gasteiger partial charge in [-0.3, -0.25) is 4.99 Å². The summed E-state index contributed by atoms with van der Waals surface area (Å²) in [5, 5.41) is 19.5. The zero-order valence-corrected chi connectivity index (χ0v) is 20.4. The Balaban J connectivity index is 1.35. The maximum absolute atomic E-state index is 12.6. The molecule has 194 valence electrons. The highest BCUT2D eigenvalue weighted by Crippen LogP contribution is 2.31. The highest BCUT2D eigenvalue weighted by atomic mass is 32.2. The normalized spacial score (nSPS) is 20.5. The number of para-hydroxylation sites is 1. The summed E-state index contributed by atoms with van der Waals surface area (Å²) >= 11 is 0. The summed E-state index contributed by atoms with van der Waals surface area (Å²) in [5.74, 6) is -0.512. The average Bonchev–Trinajstić information content (AvgIpc) is 3.21. The van der Waals surface area contributed by atoms with E-state index in [1.807, 2.05) is 0 Å². The molecule has 2 aromatic rings. The Bertz CT molecular complexity index is 1330. The van der Waals surface area contributed by atoms with Crippen LogP contribution in [0.4, 0.5) is 13.2 Å². The van der Waals surface area contributed by atoms with Crippen LogP contribution in [0.15, 0.2) is 69.6 Å². The lowest BCUT2D eigenvalue weighted by molar-refractivity contribution is -0.274. The van der Waals surface area contributed by atoms with Crippen LogP contribution in [0.1, 0.15) is 24.8 Å². The van der Waals surface area contributed by atoms with Gasteiger partial charge in [-0.25, -0.2) is 13.4 Å². The fraction of sp³-hybridized carbons (Fsp3) is 0.333. The van der Waals surface area contributed by atoms with Gasteiger partial charge < -0.3 is 15.2 Å². The Hall–Kier alpha value is -3.48. The number of halogens is 3. The molecule has 0 aliphatic carbocycles. The summed E-state index contributed by atoms with van der Waals surface area (Å²) in [6.45, 7) is 0.392. The van der Waals surface area contributed by atoms with E-state index in [0.717, 1.165) is 12.1 Å². The van der Waals surface area contributed by atoms with Gasteiger partial charge in [-0.05, 0) is 49.0 Å². The maximum Gasteiger partial charge on any atom is 0.573 e. The molecule has 2 atom stereocenters. The van der Waals surface area contributed by atoms with Crippen molar-refractivity contribution in [3.63, 3.8) is 0 Å². The fourth-order valence-corrected chi connectivity index (χ4v) is 5.35. The van der Waals surface area contributed by atoms with E-state index in [1.165, 1.54) is 12.1 Å². The van der Waals surface area contributed by atoms with Crippen molar-refractivity contribution in [2.75, 3.05) is 12.3 Å². The highest BCUT2D eigenvalue weighted by Gasteiger charge is 2.34. The van der Waals surface area contributed by atoms with E-state index in [-0.39, 0.29) is 28.4 Å². The van der Waals surface area contributed by atoms with Crippen LogP contribution in [-0.2, 0) is 9.84 Å². The SMILES string of the molecule is [B]C1C=NN2C(=NCCCCCS(=O)(=O)c3cccc(OC(F)(F)F)c3)C=C(c3ccccc3O)NC12. The molecule has 0 saturated carbocycles. The van der Waals surface area contributed by atoms with Crippen LogP contribution in [0.3, 0.4) is 0 Å². The molecule has 0 fully saturated rings. The molecule has 2 aromatic carbocycles. The Morgan fingerprint density at radius 2 is 1.92 bits per heavy atom. The molecular formula is C24H24BF3N4O4S. The van der Waals surface area contributed by atoms with Gasteiger partial charge >= 0.3 is 6.36 Å². The van der Waals surface area contributed by atoms with Crippen molar-refractivity contribution >= 4 is 35.4 Å². The molecule has 13 heteroatoms.